The topological polar surface area (TPSA) is 80.6 Å². The van der Waals surface area contributed by atoms with Crippen molar-refractivity contribution in [2.45, 2.75) is 19.4 Å². The Morgan fingerprint density at radius 3 is 2.56 bits per heavy atom. The first-order valence-corrected chi connectivity index (χ1v) is 10.6. The molecule has 166 valence electrons. The summed E-state index contributed by atoms with van der Waals surface area (Å²) in [6.07, 6.45) is 1.49. The number of aromatic nitrogens is 3. The predicted octanol–water partition coefficient (Wildman–Crippen LogP) is 3.31. The summed E-state index contributed by atoms with van der Waals surface area (Å²) in [5, 5.41) is 4.92. The van der Waals surface area contributed by atoms with Crippen LogP contribution in [0.3, 0.4) is 0 Å². The molecule has 1 aliphatic rings. The number of rotatable bonds is 4. The first-order chi connectivity index (χ1) is 15.3. The van der Waals surface area contributed by atoms with E-state index in [1.807, 2.05) is 26.0 Å². The number of carbonyl (C=O) groups is 2. The number of methoxy groups -OCH3 is 1. The Morgan fingerprint density at radius 1 is 1.06 bits per heavy atom. The molecule has 1 saturated heterocycles. The SMILES string of the molecule is COc1cccc(C(=O)N2CCN(C(=O)c3ncn(-c4cccc(Cl)c4)n3)C(C)(C)C2)c1. The zero-order valence-corrected chi connectivity index (χ0v) is 18.9. The molecule has 1 aromatic heterocycles. The molecule has 1 fully saturated rings. The van der Waals surface area contributed by atoms with Gasteiger partial charge in [0.2, 0.25) is 5.82 Å². The number of benzene rings is 2. The smallest absolute Gasteiger partial charge is 0.294 e. The lowest BCUT2D eigenvalue weighted by molar-refractivity contribution is 0.0160. The normalized spacial score (nSPS) is 15.5. The van der Waals surface area contributed by atoms with Gasteiger partial charge in [0, 0.05) is 30.2 Å². The van der Waals surface area contributed by atoms with E-state index in [4.69, 9.17) is 16.3 Å². The number of halogens is 1. The second-order valence-electron chi connectivity index (χ2n) is 8.22. The summed E-state index contributed by atoms with van der Waals surface area (Å²) in [6.45, 7) is 5.06. The van der Waals surface area contributed by atoms with E-state index in [9.17, 15) is 9.59 Å². The lowest BCUT2D eigenvalue weighted by Crippen LogP contribution is -2.62. The minimum absolute atomic E-state index is 0.0903. The van der Waals surface area contributed by atoms with Crippen LogP contribution < -0.4 is 4.74 Å². The zero-order chi connectivity index (χ0) is 22.9. The van der Waals surface area contributed by atoms with Crippen LogP contribution in [0.15, 0.2) is 54.9 Å². The third-order valence-corrected chi connectivity index (χ3v) is 5.74. The lowest BCUT2D eigenvalue weighted by atomic mass is 9.97. The zero-order valence-electron chi connectivity index (χ0n) is 18.2. The summed E-state index contributed by atoms with van der Waals surface area (Å²) in [5.41, 5.74) is 0.685. The quantitative estimate of drug-likeness (QED) is 0.605. The Morgan fingerprint density at radius 2 is 1.84 bits per heavy atom. The maximum atomic E-state index is 13.2. The number of hydrogen-bond acceptors (Lipinski definition) is 5. The molecule has 0 aliphatic carbocycles. The molecular weight excluding hydrogens is 430 g/mol. The average molecular weight is 454 g/mol. The van der Waals surface area contributed by atoms with Gasteiger partial charge in [-0.2, -0.15) is 0 Å². The van der Waals surface area contributed by atoms with E-state index < -0.39 is 5.54 Å². The van der Waals surface area contributed by atoms with Gasteiger partial charge in [-0.15, -0.1) is 5.10 Å². The Bertz CT molecular complexity index is 1160. The summed E-state index contributed by atoms with van der Waals surface area (Å²) in [6, 6.07) is 14.2. The molecule has 2 aromatic carbocycles. The monoisotopic (exact) mass is 453 g/mol. The Kier molecular flexibility index (Phi) is 5.88. The Hall–Kier alpha value is -3.39. The highest BCUT2D eigenvalue weighted by Crippen LogP contribution is 2.25. The first-order valence-electron chi connectivity index (χ1n) is 10.2. The first kappa shape index (κ1) is 21.8. The van der Waals surface area contributed by atoms with Gasteiger partial charge in [0.15, 0.2) is 0 Å². The average Bonchev–Trinajstić information content (AvgIpc) is 3.28. The highest BCUT2D eigenvalue weighted by Gasteiger charge is 2.40. The fourth-order valence-corrected chi connectivity index (χ4v) is 4.05. The van der Waals surface area contributed by atoms with Crippen LogP contribution in [0.2, 0.25) is 5.02 Å². The minimum atomic E-state index is -0.592. The van der Waals surface area contributed by atoms with Crippen molar-refractivity contribution in [2.24, 2.45) is 0 Å². The van der Waals surface area contributed by atoms with Crippen LogP contribution in [0.25, 0.3) is 5.69 Å². The molecule has 1 aliphatic heterocycles. The van der Waals surface area contributed by atoms with E-state index in [-0.39, 0.29) is 17.6 Å². The van der Waals surface area contributed by atoms with Crippen molar-refractivity contribution in [3.8, 4) is 11.4 Å². The van der Waals surface area contributed by atoms with Gasteiger partial charge in [-0.05, 0) is 50.2 Å². The predicted molar refractivity (Wildman–Crippen MR) is 120 cm³/mol. The van der Waals surface area contributed by atoms with E-state index in [0.717, 1.165) is 5.69 Å². The lowest BCUT2D eigenvalue weighted by Gasteiger charge is -2.46. The fraction of sp³-hybridized carbons (Fsp3) is 0.304. The molecule has 2 amide bonds. The summed E-state index contributed by atoms with van der Waals surface area (Å²) in [5.74, 6) is 0.368. The number of piperazine rings is 1. The van der Waals surface area contributed by atoms with Gasteiger partial charge >= 0.3 is 0 Å². The van der Waals surface area contributed by atoms with Gasteiger partial charge in [0.25, 0.3) is 11.8 Å². The fourth-order valence-electron chi connectivity index (χ4n) is 3.87. The molecule has 0 saturated carbocycles. The molecule has 4 rings (SSSR count). The molecule has 9 heteroatoms. The maximum absolute atomic E-state index is 13.2. The molecule has 0 unspecified atom stereocenters. The second-order valence-corrected chi connectivity index (χ2v) is 8.66. The van der Waals surface area contributed by atoms with Crippen molar-refractivity contribution in [1.29, 1.82) is 0 Å². The second kappa shape index (κ2) is 8.63. The summed E-state index contributed by atoms with van der Waals surface area (Å²) in [4.78, 5) is 33.9. The van der Waals surface area contributed by atoms with Gasteiger partial charge < -0.3 is 14.5 Å². The molecular formula is C23H24ClN5O3. The molecule has 0 spiro atoms. The van der Waals surface area contributed by atoms with Gasteiger partial charge in [-0.25, -0.2) is 9.67 Å². The van der Waals surface area contributed by atoms with Crippen molar-refractivity contribution in [2.75, 3.05) is 26.7 Å². The van der Waals surface area contributed by atoms with Crippen LogP contribution >= 0.6 is 11.6 Å². The van der Waals surface area contributed by atoms with Crippen molar-refractivity contribution >= 4 is 23.4 Å². The summed E-state index contributed by atoms with van der Waals surface area (Å²) < 4.78 is 6.75. The van der Waals surface area contributed by atoms with Crippen LogP contribution in [0.4, 0.5) is 0 Å². The molecule has 0 atom stereocenters. The largest absolute Gasteiger partial charge is 0.497 e. The number of ether oxygens (including phenoxy) is 1. The van der Waals surface area contributed by atoms with Crippen molar-refractivity contribution < 1.29 is 14.3 Å². The van der Waals surface area contributed by atoms with Crippen LogP contribution in [-0.2, 0) is 0 Å². The molecule has 0 bridgehead atoms. The van der Waals surface area contributed by atoms with Crippen LogP contribution in [-0.4, -0.2) is 68.7 Å². The number of carbonyl (C=O) groups excluding carboxylic acids is 2. The Balaban J connectivity index is 1.49. The van der Waals surface area contributed by atoms with Gasteiger partial charge in [-0.3, -0.25) is 9.59 Å². The van der Waals surface area contributed by atoms with Crippen LogP contribution in [0, 0.1) is 0 Å². The van der Waals surface area contributed by atoms with Gasteiger partial charge in [0.05, 0.1) is 18.3 Å². The minimum Gasteiger partial charge on any atom is -0.497 e. The summed E-state index contributed by atoms with van der Waals surface area (Å²) in [7, 11) is 1.57. The van der Waals surface area contributed by atoms with E-state index in [1.165, 1.54) is 11.0 Å². The van der Waals surface area contributed by atoms with Gasteiger partial charge in [0.1, 0.15) is 12.1 Å². The number of nitrogens with zero attached hydrogens (tertiary/aromatic N) is 5. The van der Waals surface area contributed by atoms with Gasteiger partial charge in [-0.1, -0.05) is 23.7 Å². The van der Waals surface area contributed by atoms with Crippen molar-refractivity contribution in [1.82, 2.24) is 24.6 Å². The third kappa shape index (κ3) is 4.31. The molecule has 2 heterocycles. The van der Waals surface area contributed by atoms with Crippen molar-refractivity contribution in [3.05, 3.63) is 71.3 Å². The number of hydrogen-bond donors (Lipinski definition) is 0. The molecule has 32 heavy (non-hydrogen) atoms. The standard InChI is InChI=1S/C23H24ClN5O3/c1-23(2)14-27(21(30)16-6-4-9-19(12-16)32-3)10-11-28(23)22(31)20-25-15-29(26-20)18-8-5-7-17(24)13-18/h4-9,12-13,15H,10-11,14H2,1-3H3. The molecule has 0 N–H and O–H groups in total. The van der Waals surface area contributed by atoms with Crippen LogP contribution in [0.1, 0.15) is 34.8 Å². The summed E-state index contributed by atoms with van der Waals surface area (Å²) >= 11 is 6.05. The van der Waals surface area contributed by atoms with E-state index in [1.54, 1.807) is 53.3 Å². The number of amides is 2. The third-order valence-electron chi connectivity index (χ3n) is 5.51. The maximum Gasteiger partial charge on any atom is 0.294 e. The highest BCUT2D eigenvalue weighted by atomic mass is 35.5. The molecule has 8 nitrogen and oxygen atoms in total. The molecule has 3 aromatic rings. The Labute approximate surface area is 191 Å². The van der Waals surface area contributed by atoms with E-state index >= 15 is 0 Å². The van der Waals surface area contributed by atoms with E-state index in [2.05, 4.69) is 10.1 Å². The van der Waals surface area contributed by atoms with E-state index in [0.29, 0.717) is 36.0 Å². The molecule has 0 radical (unpaired) electrons. The van der Waals surface area contributed by atoms with Crippen molar-refractivity contribution in [3.63, 3.8) is 0 Å². The highest BCUT2D eigenvalue weighted by molar-refractivity contribution is 6.30. The van der Waals surface area contributed by atoms with Crippen LogP contribution in [0.5, 0.6) is 5.75 Å².